The van der Waals surface area contributed by atoms with E-state index in [1.54, 1.807) is 24.3 Å². The van der Waals surface area contributed by atoms with E-state index in [2.05, 4.69) is 22.1 Å². The van der Waals surface area contributed by atoms with Crippen molar-refractivity contribution in [2.45, 2.75) is 6.42 Å². The number of benzene rings is 1. The van der Waals surface area contributed by atoms with Crippen LogP contribution in [0.4, 0.5) is 9.93 Å². The number of anilines is 1. The van der Waals surface area contributed by atoms with Crippen molar-refractivity contribution in [2.75, 3.05) is 18.5 Å². The van der Waals surface area contributed by atoms with Gasteiger partial charge in [0.15, 0.2) is 0 Å². The molecule has 1 aromatic heterocycles. The third-order valence-electron chi connectivity index (χ3n) is 3.44. The highest BCUT2D eigenvalue weighted by Gasteiger charge is 2.34. The molecule has 1 N–H and O–H groups in total. The van der Waals surface area contributed by atoms with Gasteiger partial charge in [-0.25, -0.2) is 4.79 Å². The topological polar surface area (TPSA) is 101 Å². The Morgan fingerprint density at radius 3 is 2.56 bits per heavy atom. The summed E-state index contributed by atoms with van der Waals surface area (Å²) in [6.45, 7) is 3.73. The smallest absolute Gasteiger partial charge is 0.413 e. The molecule has 0 saturated carbocycles. The van der Waals surface area contributed by atoms with E-state index in [0.29, 0.717) is 22.6 Å². The number of carbonyl (C=O) groups is 3. The molecule has 1 aromatic carbocycles. The Morgan fingerprint density at radius 1 is 1.24 bits per heavy atom. The number of nitrogens with zero attached hydrogens (tertiary/aromatic N) is 3. The highest BCUT2D eigenvalue weighted by atomic mass is 32.1. The molecule has 9 heteroatoms. The van der Waals surface area contributed by atoms with Gasteiger partial charge in [0.1, 0.15) is 11.6 Å². The van der Waals surface area contributed by atoms with Crippen molar-refractivity contribution in [2.24, 2.45) is 0 Å². The normalized spacial score (nSPS) is 12.9. The first-order valence-electron chi connectivity index (χ1n) is 7.42. The largest absolute Gasteiger partial charge is 0.445 e. The van der Waals surface area contributed by atoms with Crippen molar-refractivity contribution in [1.82, 2.24) is 15.1 Å². The Kier molecular flexibility index (Phi) is 4.85. The highest BCUT2D eigenvalue weighted by Crippen LogP contribution is 2.23. The van der Waals surface area contributed by atoms with Crippen molar-refractivity contribution >= 4 is 34.4 Å². The summed E-state index contributed by atoms with van der Waals surface area (Å²) < 4.78 is 4.78. The lowest BCUT2D eigenvalue weighted by Gasteiger charge is -2.12. The molecular weight excluding hydrogens is 344 g/mol. The maximum absolute atomic E-state index is 12.3. The van der Waals surface area contributed by atoms with E-state index in [4.69, 9.17) is 4.74 Å². The van der Waals surface area contributed by atoms with Crippen LogP contribution >= 0.6 is 11.3 Å². The fourth-order valence-electron chi connectivity index (χ4n) is 2.31. The van der Waals surface area contributed by atoms with E-state index in [9.17, 15) is 14.4 Å². The summed E-state index contributed by atoms with van der Waals surface area (Å²) in [4.78, 5) is 37.2. The Hall–Kier alpha value is -3.07. The Labute approximate surface area is 147 Å². The summed E-state index contributed by atoms with van der Waals surface area (Å²) in [5.74, 6) is -0.618. The average molecular weight is 358 g/mol. The number of aromatic nitrogens is 2. The molecular formula is C16H14N4O4S. The fourth-order valence-corrected chi connectivity index (χ4v) is 3.03. The molecule has 1 aliphatic rings. The number of nitrogens with one attached hydrogen (secondary N) is 1. The molecule has 0 radical (unpaired) electrons. The van der Waals surface area contributed by atoms with Crippen LogP contribution in [0.5, 0.6) is 0 Å². The van der Waals surface area contributed by atoms with E-state index in [-0.39, 0.29) is 30.1 Å². The molecule has 8 nitrogen and oxygen atoms in total. The number of ether oxygens (including phenoxy) is 1. The van der Waals surface area contributed by atoms with Gasteiger partial charge in [0.2, 0.25) is 5.13 Å². The van der Waals surface area contributed by atoms with Gasteiger partial charge >= 0.3 is 6.09 Å². The number of fused-ring (bicyclic) bond motifs is 1. The summed E-state index contributed by atoms with van der Waals surface area (Å²) in [6.07, 6.45) is 1.16. The monoisotopic (exact) mass is 358 g/mol. The molecule has 0 aliphatic carbocycles. The number of rotatable bonds is 6. The molecule has 0 bridgehead atoms. The van der Waals surface area contributed by atoms with E-state index in [0.717, 1.165) is 11.3 Å². The van der Waals surface area contributed by atoms with Crippen LogP contribution in [0.25, 0.3) is 0 Å². The minimum absolute atomic E-state index is 0.0945. The fraction of sp³-hybridized carbons (Fsp3) is 0.188. The Bertz CT molecular complexity index is 813. The van der Waals surface area contributed by atoms with Gasteiger partial charge in [-0.1, -0.05) is 36.1 Å². The molecule has 3 rings (SSSR count). The Morgan fingerprint density at radius 2 is 1.92 bits per heavy atom. The van der Waals surface area contributed by atoms with Crippen LogP contribution in [0, 0.1) is 0 Å². The van der Waals surface area contributed by atoms with Crippen LogP contribution in [-0.4, -0.2) is 46.2 Å². The minimum atomic E-state index is -0.650. The van der Waals surface area contributed by atoms with Crippen molar-refractivity contribution in [3.05, 3.63) is 53.1 Å². The summed E-state index contributed by atoms with van der Waals surface area (Å²) in [6, 6.07) is 6.72. The summed E-state index contributed by atoms with van der Waals surface area (Å²) in [7, 11) is 0. The summed E-state index contributed by atoms with van der Waals surface area (Å²) >= 11 is 1.16. The average Bonchev–Trinajstić information content (AvgIpc) is 3.15. The summed E-state index contributed by atoms with van der Waals surface area (Å²) in [5.41, 5.74) is 0.828. The number of carbonyl (C=O) groups excluding carboxylic acids is 3. The first-order chi connectivity index (χ1) is 12.1. The lowest BCUT2D eigenvalue weighted by atomic mass is 10.1. The number of hydrogen-bond donors (Lipinski definition) is 1. The van der Waals surface area contributed by atoms with Crippen LogP contribution in [-0.2, 0) is 11.2 Å². The van der Waals surface area contributed by atoms with Crippen LogP contribution in [0.15, 0.2) is 36.9 Å². The SMILES string of the molecule is C=CCOC(=O)Nc1nnc(CCN2C(=O)c3ccccc3C2=O)s1. The van der Waals surface area contributed by atoms with E-state index in [1.165, 1.54) is 11.0 Å². The zero-order valence-corrected chi connectivity index (χ0v) is 13.9. The van der Waals surface area contributed by atoms with Gasteiger partial charge in [-0.05, 0) is 12.1 Å². The number of hydrogen-bond acceptors (Lipinski definition) is 7. The van der Waals surface area contributed by atoms with Crippen molar-refractivity contribution in [3.8, 4) is 0 Å². The predicted molar refractivity (Wildman–Crippen MR) is 90.6 cm³/mol. The lowest BCUT2D eigenvalue weighted by Crippen LogP contribution is -2.31. The molecule has 2 aromatic rings. The zero-order chi connectivity index (χ0) is 17.8. The van der Waals surface area contributed by atoms with Gasteiger partial charge in [-0.15, -0.1) is 10.2 Å². The highest BCUT2D eigenvalue weighted by molar-refractivity contribution is 7.15. The van der Waals surface area contributed by atoms with Gasteiger partial charge in [0.05, 0.1) is 11.1 Å². The first kappa shape index (κ1) is 16.8. The van der Waals surface area contributed by atoms with E-state index in [1.807, 2.05) is 0 Å². The van der Waals surface area contributed by atoms with Gasteiger partial charge in [0, 0.05) is 13.0 Å². The van der Waals surface area contributed by atoms with Crippen molar-refractivity contribution < 1.29 is 19.1 Å². The van der Waals surface area contributed by atoms with Crippen LogP contribution in [0.2, 0.25) is 0 Å². The molecule has 25 heavy (non-hydrogen) atoms. The second-order valence-electron chi connectivity index (χ2n) is 5.07. The quantitative estimate of drug-likeness (QED) is 0.627. The molecule has 128 valence electrons. The van der Waals surface area contributed by atoms with Gasteiger partial charge in [0.25, 0.3) is 11.8 Å². The van der Waals surface area contributed by atoms with Crippen molar-refractivity contribution in [3.63, 3.8) is 0 Å². The van der Waals surface area contributed by atoms with Gasteiger partial charge in [-0.2, -0.15) is 0 Å². The first-order valence-corrected chi connectivity index (χ1v) is 8.24. The third-order valence-corrected chi connectivity index (χ3v) is 4.33. The molecule has 0 saturated heterocycles. The second kappa shape index (κ2) is 7.22. The molecule has 0 unspecified atom stereocenters. The van der Waals surface area contributed by atoms with Gasteiger partial charge < -0.3 is 4.74 Å². The zero-order valence-electron chi connectivity index (χ0n) is 13.1. The maximum atomic E-state index is 12.3. The molecule has 0 fully saturated rings. The van der Waals surface area contributed by atoms with Gasteiger partial charge in [-0.3, -0.25) is 19.8 Å². The number of imide groups is 1. The standard InChI is InChI=1S/C16H14N4O4S/c1-2-9-24-16(23)17-15-19-18-12(25-15)7-8-20-13(21)10-5-3-4-6-11(10)14(20)22/h2-6H,1,7-9H2,(H,17,19,23). The molecule has 3 amide bonds. The molecule has 0 atom stereocenters. The van der Waals surface area contributed by atoms with Crippen LogP contribution in [0.1, 0.15) is 25.7 Å². The molecule has 2 heterocycles. The maximum Gasteiger partial charge on any atom is 0.413 e. The van der Waals surface area contributed by atoms with Crippen LogP contribution < -0.4 is 5.32 Å². The number of amides is 3. The van der Waals surface area contributed by atoms with Crippen molar-refractivity contribution in [1.29, 1.82) is 0 Å². The van der Waals surface area contributed by atoms with E-state index >= 15 is 0 Å². The Balaban J connectivity index is 1.58. The minimum Gasteiger partial charge on any atom is -0.445 e. The lowest BCUT2D eigenvalue weighted by molar-refractivity contribution is 0.0656. The predicted octanol–water partition coefficient (Wildman–Crippen LogP) is 2.11. The second-order valence-corrected chi connectivity index (χ2v) is 6.13. The molecule has 0 spiro atoms. The molecule has 1 aliphatic heterocycles. The summed E-state index contributed by atoms with van der Waals surface area (Å²) in [5, 5.41) is 11.1. The van der Waals surface area contributed by atoms with E-state index < -0.39 is 6.09 Å². The van der Waals surface area contributed by atoms with Crippen LogP contribution in [0.3, 0.4) is 0 Å². The third kappa shape index (κ3) is 3.56.